The zero-order chi connectivity index (χ0) is 21.7. The maximum atomic E-state index is 12.6. The van der Waals surface area contributed by atoms with E-state index in [0.29, 0.717) is 5.02 Å². The number of nitro benzene ring substituents is 1. The van der Waals surface area contributed by atoms with E-state index in [1.165, 1.54) is 22.9 Å². The van der Waals surface area contributed by atoms with Crippen molar-refractivity contribution in [3.05, 3.63) is 103 Å². The minimum atomic E-state index is -0.738. The van der Waals surface area contributed by atoms with E-state index < -0.39 is 27.8 Å². The number of benzene rings is 2. The summed E-state index contributed by atoms with van der Waals surface area (Å²) in [7, 11) is 0. The van der Waals surface area contributed by atoms with Crippen LogP contribution >= 0.6 is 11.6 Å². The van der Waals surface area contributed by atoms with E-state index in [-0.39, 0.29) is 17.7 Å². The number of hydrogen-bond donors (Lipinski definition) is 2. The van der Waals surface area contributed by atoms with Crippen LogP contribution in [-0.2, 0) is 6.54 Å². The fourth-order valence-corrected chi connectivity index (χ4v) is 2.74. The van der Waals surface area contributed by atoms with Gasteiger partial charge >= 0.3 is 5.69 Å². The fourth-order valence-electron chi connectivity index (χ4n) is 2.61. The topological polar surface area (TPSA) is 127 Å². The first-order valence-electron chi connectivity index (χ1n) is 8.60. The van der Waals surface area contributed by atoms with E-state index >= 15 is 0 Å². The molecule has 10 heteroatoms. The number of amides is 1. The smallest absolute Gasteiger partial charge is 0.311 e. The van der Waals surface area contributed by atoms with Gasteiger partial charge < -0.3 is 9.67 Å². The van der Waals surface area contributed by atoms with Gasteiger partial charge in [0.25, 0.3) is 11.5 Å². The number of phenols is 1. The number of carbonyl (C=O) groups is 1. The molecule has 0 radical (unpaired) electrons. The largest absolute Gasteiger partial charge is 0.502 e. The standard InChI is InChI=1S/C20H15ClN4O5/c21-15-6-3-13(4-7-15)12-24-9-1-2-16(20(24)28)19(27)23-22-11-14-5-8-18(26)17(10-14)25(29)30/h1-11,26H,12H2,(H,23,27)/b22-11-. The molecule has 0 bridgehead atoms. The second kappa shape index (κ2) is 9.01. The first-order valence-corrected chi connectivity index (χ1v) is 8.97. The Morgan fingerprint density at radius 3 is 2.67 bits per heavy atom. The first-order chi connectivity index (χ1) is 14.3. The first kappa shape index (κ1) is 20.7. The lowest BCUT2D eigenvalue weighted by atomic mass is 10.2. The fraction of sp³-hybridized carbons (Fsp3) is 0.0500. The van der Waals surface area contributed by atoms with Gasteiger partial charge in [-0.15, -0.1) is 0 Å². The lowest BCUT2D eigenvalue weighted by Gasteiger charge is -2.08. The third kappa shape index (κ3) is 4.89. The number of phenolic OH excluding ortho intramolecular Hbond substituents is 1. The molecular weight excluding hydrogens is 412 g/mol. The predicted molar refractivity (Wildman–Crippen MR) is 111 cm³/mol. The van der Waals surface area contributed by atoms with Crippen molar-refractivity contribution < 1.29 is 14.8 Å². The SMILES string of the molecule is O=C(N/N=C\c1ccc(O)c([N+](=O)[O-])c1)c1cccn(Cc2ccc(Cl)cc2)c1=O. The van der Waals surface area contributed by atoms with Gasteiger partial charge in [0.2, 0.25) is 0 Å². The number of nitro groups is 1. The zero-order valence-corrected chi connectivity index (χ0v) is 16.1. The van der Waals surface area contributed by atoms with Gasteiger partial charge in [-0.1, -0.05) is 23.7 Å². The highest BCUT2D eigenvalue weighted by Gasteiger charge is 2.14. The highest BCUT2D eigenvalue weighted by atomic mass is 35.5. The molecular formula is C20H15ClN4O5. The third-order valence-electron chi connectivity index (χ3n) is 4.11. The zero-order valence-electron chi connectivity index (χ0n) is 15.4. The minimum Gasteiger partial charge on any atom is -0.502 e. The molecule has 0 fully saturated rings. The van der Waals surface area contributed by atoms with Crippen molar-refractivity contribution in [2.24, 2.45) is 5.10 Å². The number of rotatable bonds is 6. The van der Waals surface area contributed by atoms with Gasteiger partial charge in [-0.25, -0.2) is 5.43 Å². The molecule has 3 aromatic rings. The summed E-state index contributed by atoms with van der Waals surface area (Å²) in [5, 5.41) is 24.6. The van der Waals surface area contributed by atoms with Crippen molar-refractivity contribution in [1.82, 2.24) is 9.99 Å². The van der Waals surface area contributed by atoms with Gasteiger partial charge in [0.15, 0.2) is 5.75 Å². The number of nitrogens with one attached hydrogen (secondary N) is 1. The van der Waals surface area contributed by atoms with Crippen molar-refractivity contribution in [2.45, 2.75) is 6.54 Å². The number of halogens is 1. The van der Waals surface area contributed by atoms with E-state index in [2.05, 4.69) is 10.5 Å². The Hall–Kier alpha value is -3.98. The number of hydrogen-bond acceptors (Lipinski definition) is 6. The maximum absolute atomic E-state index is 12.6. The van der Waals surface area contributed by atoms with Gasteiger partial charge in [0.05, 0.1) is 17.7 Å². The van der Waals surface area contributed by atoms with Crippen molar-refractivity contribution in [2.75, 3.05) is 0 Å². The molecule has 0 saturated heterocycles. The molecule has 0 unspecified atom stereocenters. The van der Waals surface area contributed by atoms with Crippen molar-refractivity contribution in [3.63, 3.8) is 0 Å². The average Bonchev–Trinajstić information content (AvgIpc) is 2.72. The Morgan fingerprint density at radius 2 is 1.97 bits per heavy atom. The van der Waals surface area contributed by atoms with Gasteiger partial charge in [-0.05, 0) is 42.0 Å². The summed E-state index contributed by atoms with van der Waals surface area (Å²) in [6.07, 6.45) is 2.73. The molecule has 1 aromatic heterocycles. The summed E-state index contributed by atoms with van der Waals surface area (Å²) in [6.45, 7) is 0.261. The van der Waals surface area contributed by atoms with Crippen molar-refractivity contribution in [3.8, 4) is 5.75 Å². The van der Waals surface area contributed by atoms with E-state index in [1.54, 1.807) is 36.5 Å². The van der Waals surface area contributed by atoms with E-state index in [9.17, 15) is 24.8 Å². The van der Waals surface area contributed by atoms with Crippen LogP contribution in [0.25, 0.3) is 0 Å². The Kier molecular flexibility index (Phi) is 6.23. The van der Waals surface area contributed by atoms with Crippen LogP contribution in [0.15, 0.2) is 70.7 Å². The third-order valence-corrected chi connectivity index (χ3v) is 4.36. The lowest BCUT2D eigenvalue weighted by Crippen LogP contribution is -2.30. The molecule has 152 valence electrons. The predicted octanol–water partition coefficient (Wildman–Crippen LogP) is 2.93. The quantitative estimate of drug-likeness (QED) is 0.356. The van der Waals surface area contributed by atoms with Gasteiger partial charge in [0.1, 0.15) is 5.56 Å². The van der Waals surface area contributed by atoms with Crippen LogP contribution in [0.5, 0.6) is 5.75 Å². The second-order valence-electron chi connectivity index (χ2n) is 6.19. The van der Waals surface area contributed by atoms with E-state index in [4.69, 9.17) is 11.6 Å². The van der Waals surface area contributed by atoms with Gasteiger partial charge in [-0.2, -0.15) is 5.10 Å². The average molecular weight is 427 g/mol. The van der Waals surface area contributed by atoms with Gasteiger partial charge in [-0.3, -0.25) is 19.7 Å². The Labute approximate surface area is 175 Å². The summed E-state index contributed by atoms with van der Waals surface area (Å²) in [4.78, 5) is 35.0. The summed E-state index contributed by atoms with van der Waals surface area (Å²) >= 11 is 5.86. The molecule has 1 heterocycles. The molecule has 1 amide bonds. The molecule has 0 saturated carbocycles. The van der Waals surface area contributed by atoms with E-state index in [1.807, 2.05) is 0 Å². The summed E-state index contributed by atoms with van der Waals surface area (Å²) < 4.78 is 1.38. The normalized spacial score (nSPS) is 10.8. The van der Waals surface area contributed by atoms with Crippen LogP contribution < -0.4 is 11.0 Å². The molecule has 0 atom stereocenters. The number of hydrazone groups is 1. The molecule has 0 aliphatic rings. The summed E-state index contributed by atoms with van der Waals surface area (Å²) in [6, 6.07) is 13.6. The number of aromatic nitrogens is 1. The molecule has 3 rings (SSSR count). The molecule has 2 aromatic carbocycles. The Bertz CT molecular complexity index is 1190. The van der Waals surface area contributed by atoms with Crippen molar-refractivity contribution in [1.29, 1.82) is 0 Å². The monoisotopic (exact) mass is 426 g/mol. The van der Waals surface area contributed by atoms with Crippen LogP contribution in [0.2, 0.25) is 5.02 Å². The molecule has 9 nitrogen and oxygen atoms in total. The minimum absolute atomic E-state index is 0.111. The molecule has 2 N–H and O–H groups in total. The second-order valence-corrected chi connectivity index (χ2v) is 6.62. The Balaban J connectivity index is 1.73. The number of aromatic hydroxyl groups is 1. The number of carbonyl (C=O) groups excluding carboxylic acids is 1. The molecule has 30 heavy (non-hydrogen) atoms. The number of nitrogens with zero attached hydrogens (tertiary/aromatic N) is 3. The van der Waals surface area contributed by atoms with E-state index in [0.717, 1.165) is 17.7 Å². The summed E-state index contributed by atoms with van der Waals surface area (Å²) in [5.74, 6) is -1.21. The van der Waals surface area contributed by atoms with Crippen LogP contribution in [-0.4, -0.2) is 26.7 Å². The van der Waals surface area contributed by atoms with Crippen LogP contribution in [0.3, 0.4) is 0 Å². The van der Waals surface area contributed by atoms with Crippen LogP contribution in [0.1, 0.15) is 21.5 Å². The van der Waals surface area contributed by atoms with Crippen LogP contribution in [0.4, 0.5) is 5.69 Å². The summed E-state index contributed by atoms with van der Waals surface area (Å²) in [5.41, 5.74) is 2.24. The molecule has 0 aliphatic carbocycles. The molecule has 0 spiro atoms. The van der Waals surface area contributed by atoms with Crippen molar-refractivity contribution >= 4 is 29.4 Å². The highest BCUT2D eigenvalue weighted by Crippen LogP contribution is 2.25. The van der Waals surface area contributed by atoms with Crippen LogP contribution in [0, 0.1) is 10.1 Å². The van der Waals surface area contributed by atoms with Gasteiger partial charge in [0, 0.05) is 22.8 Å². The Morgan fingerprint density at radius 1 is 1.23 bits per heavy atom. The maximum Gasteiger partial charge on any atom is 0.311 e. The molecule has 0 aliphatic heterocycles. The lowest BCUT2D eigenvalue weighted by molar-refractivity contribution is -0.385. The number of pyridine rings is 1. The highest BCUT2D eigenvalue weighted by molar-refractivity contribution is 6.30.